The van der Waals surface area contributed by atoms with Crippen LogP contribution in [-0.2, 0) is 0 Å². The van der Waals surface area contributed by atoms with Crippen molar-refractivity contribution in [3.05, 3.63) is 24.7 Å². The van der Waals surface area contributed by atoms with Crippen molar-refractivity contribution in [1.29, 1.82) is 0 Å². The molecule has 0 radical (unpaired) electrons. The summed E-state index contributed by atoms with van der Waals surface area (Å²) in [5.41, 5.74) is 6.12. The first-order valence-corrected chi connectivity index (χ1v) is 5.24. The summed E-state index contributed by atoms with van der Waals surface area (Å²) in [4.78, 5) is 5.60. The van der Waals surface area contributed by atoms with Gasteiger partial charge in [-0.3, -0.25) is 0 Å². The number of anilines is 1. The molecule has 0 saturated heterocycles. The van der Waals surface area contributed by atoms with E-state index in [1.807, 2.05) is 0 Å². The molecule has 0 aliphatic heterocycles. The fourth-order valence-corrected chi connectivity index (χ4v) is 1.69. The number of aromatic nitrogens is 3. The first-order chi connectivity index (χ1) is 8.22. The Hall–Kier alpha value is -1.76. The Labute approximate surface area is 96.8 Å². The van der Waals surface area contributed by atoms with Crippen LogP contribution in [0.1, 0.15) is 0 Å². The highest BCUT2D eigenvalue weighted by Crippen LogP contribution is 2.18. The molecule has 0 amide bonds. The summed E-state index contributed by atoms with van der Waals surface area (Å²) in [6.07, 6.45) is 2.38. The average molecular weight is 241 g/mol. The van der Waals surface area contributed by atoms with Crippen molar-refractivity contribution in [3.8, 4) is 0 Å². The molecule has 17 heavy (non-hydrogen) atoms. The van der Waals surface area contributed by atoms with Gasteiger partial charge in [0.25, 0.3) is 6.43 Å². The third-order valence-electron chi connectivity index (χ3n) is 2.36. The molecule has 2 aromatic heterocycles. The van der Waals surface area contributed by atoms with E-state index in [0.29, 0.717) is 24.4 Å². The highest BCUT2D eigenvalue weighted by atomic mass is 19.3. The van der Waals surface area contributed by atoms with Gasteiger partial charge in [0.05, 0.1) is 12.7 Å². The zero-order valence-corrected chi connectivity index (χ0v) is 9.13. The molecular formula is C10H13F2N5. The molecule has 0 spiro atoms. The predicted octanol–water partition coefficient (Wildman–Crippen LogP) is 0.759. The molecule has 7 heteroatoms. The lowest BCUT2D eigenvalue weighted by Gasteiger charge is -2.22. The lowest BCUT2D eigenvalue weighted by Crippen LogP contribution is -2.34. The molecule has 2 aromatic rings. The Balaban J connectivity index is 2.36. The minimum atomic E-state index is -2.42. The van der Waals surface area contributed by atoms with Crippen LogP contribution >= 0.6 is 0 Å². The summed E-state index contributed by atoms with van der Waals surface area (Å²) in [6, 6.07) is 1.73. The molecule has 5 nitrogen and oxygen atoms in total. The Morgan fingerprint density at radius 3 is 2.94 bits per heavy atom. The van der Waals surface area contributed by atoms with Crippen LogP contribution in [0.5, 0.6) is 0 Å². The van der Waals surface area contributed by atoms with E-state index in [2.05, 4.69) is 10.1 Å². The highest BCUT2D eigenvalue weighted by Gasteiger charge is 2.16. The molecule has 2 N–H and O–H groups in total. The minimum Gasteiger partial charge on any atom is -0.348 e. The van der Waals surface area contributed by atoms with Crippen LogP contribution in [0.2, 0.25) is 0 Å². The van der Waals surface area contributed by atoms with E-state index >= 15 is 0 Å². The Morgan fingerprint density at radius 1 is 1.41 bits per heavy atom. The lowest BCUT2D eigenvalue weighted by molar-refractivity contribution is 0.155. The van der Waals surface area contributed by atoms with Gasteiger partial charge in [0.2, 0.25) is 0 Å². The molecule has 0 unspecified atom stereocenters. The molecule has 2 heterocycles. The number of hydrogen-bond acceptors (Lipinski definition) is 4. The van der Waals surface area contributed by atoms with Gasteiger partial charge < -0.3 is 10.6 Å². The maximum Gasteiger partial charge on any atom is 0.255 e. The summed E-state index contributed by atoms with van der Waals surface area (Å²) >= 11 is 0. The molecule has 0 saturated carbocycles. The zero-order valence-electron chi connectivity index (χ0n) is 9.13. The lowest BCUT2D eigenvalue weighted by atomic mass is 10.4. The largest absolute Gasteiger partial charge is 0.348 e. The normalized spacial score (nSPS) is 11.3. The number of hydrogen-bond donors (Lipinski definition) is 1. The van der Waals surface area contributed by atoms with Gasteiger partial charge in [-0.05, 0) is 6.07 Å². The van der Waals surface area contributed by atoms with Crippen molar-refractivity contribution in [2.24, 2.45) is 5.73 Å². The van der Waals surface area contributed by atoms with Gasteiger partial charge in [-0.2, -0.15) is 5.10 Å². The summed E-state index contributed by atoms with van der Waals surface area (Å²) in [7, 11) is 0. The fourth-order valence-electron chi connectivity index (χ4n) is 1.69. The second kappa shape index (κ2) is 5.05. The quantitative estimate of drug-likeness (QED) is 0.839. The van der Waals surface area contributed by atoms with E-state index in [1.54, 1.807) is 23.0 Å². The first-order valence-electron chi connectivity index (χ1n) is 5.24. The Morgan fingerprint density at radius 2 is 2.24 bits per heavy atom. The van der Waals surface area contributed by atoms with Crippen molar-refractivity contribution in [1.82, 2.24) is 14.6 Å². The molecule has 0 bridgehead atoms. The van der Waals surface area contributed by atoms with Crippen LogP contribution < -0.4 is 10.6 Å². The van der Waals surface area contributed by atoms with E-state index < -0.39 is 6.43 Å². The number of rotatable bonds is 5. The smallest absolute Gasteiger partial charge is 0.255 e. The standard InChI is InChI=1S/C10H13F2N5/c11-9(12)7-16(5-2-13)10-8-1-3-15-17(8)6-4-14-10/h1,3-4,6,9H,2,5,7,13H2. The maximum absolute atomic E-state index is 12.5. The first kappa shape index (κ1) is 11.7. The van der Waals surface area contributed by atoms with Crippen molar-refractivity contribution in [2.75, 3.05) is 24.5 Å². The number of fused-ring (bicyclic) bond motifs is 1. The van der Waals surface area contributed by atoms with Gasteiger partial charge in [-0.1, -0.05) is 0 Å². The van der Waals surface area contributed by atoms with Gasteiger partial charge in [-0.15, -0.1) is 0 Å². The summed E-state index contributed by atoms with van der Waals surface area (Å²) < 4.78 is 26.6. The molecule has 92 valence electrons. The molecule has 0 aromatic carbocycles. The maximum atomic E-state index is 12.5. The molecular weight excluding hydrogens is 228 g/mol. The van der Waals surface area contributed by atoms with Gasteiger partial charge >= 0.3 is 0 Å². The number of halogens is 2. The monoisotopic (exact) mass is 241 g/mol. The van der Waals surface area contributed by atoms with Crippen molar-refractivity contribution < 1.29 is 8.78 Å². The third-order valence-corrected chi connectivity index (χ3v) is 2.36. The van der Waals surface area contributed by atoms with Crippen LogP contribution in [0.15, 0.2) is 24.7 Å². The van der Waals surface area contributed by atoms with Crippen LogP contribution in [-0.4, -0.2) is 40.7 Å². The number of alkyl halides is 2. The van der Waals surface area contributed by atoms with E-state index in [4.69, 9.17) is 5.73 Å². The highest BCUT2D eigenvalue weighted by molar-refractivity contribution is 5.68. The second-order valence-corrected chi connectivity index (χ2v) is 3.54. The van der Waals surface area contributed by atoms with Crippen molar-refractivity contribution in [2.45, 2.75) is 6.43 Å². The number of nitrogens with two attached hydrogens (primary N) is 1. The molecule has 0 aliphatic rings. The van der Waals surface area contributed by atoms with E-state index in [9.17, 15) is 8.78 Å². The summed E-state index contributed by atoms with van der Waals surface area (Å²) in [5.74, 6) is 0.482. The zero-order chi connectivity index (χ0) is 12.3. The van der Waals surface area contributed by atoms with Crippen LogP contribution in [0.4, 0.5) is 14.6 Å². The summed E-state index contributed by atoms with van der Waals surface area (Å²) in [6.45, 7) is 0.251. The third kappa shape index (κ3) is 2.50. The topological polar surface area (TPSA) is 59.5 Å². The summed E-state index contributed by atoms with van der Waals surface area (Å²) in [5, 5.41) is 4.03. The second-order valence-electron chi connectivity index (χ2n) is 3.54. The molecule has 0 fully saturated rings. The van der Waals surface area contributed by atoms with Gasteiger partial charge in [0, 0.05) is 25.5 Å². The van der Waals surface area contributed by atoms with Crippen LogP contribution in [0, 0.1) is 0 Å². The van der Waals surface area contributed by atoms with E-state index in [-0.39, 0.29) is 6.54 Å². The van der Waals surface area contributed by atoms with Gasteiger partial charge in [0.1, 0.15) is 5.52 Å². The van der Waals surface area contributed by atoms with E-state index in [1.165, 1.54) is 11.1 Å². The van der Waals surface area contributed by atoms with Crippen LogP contribution in [0.25, 0.3) is 5.52 Å². The van der Waals surface area contributed by atoms with Crippen molar-refractivity contribution >= 4 is 11.3 Å². The minimum absolute atomic E-state index is 0.295. The molecule has 0 atom stereocenters. The Bertz CT molecular complexity index is 484. The Kier molecular flexibility index (Phi) is 3.48. The molecule has 2 rings (SSSR count). The van der Waals surface area contributed by atoms with Gasteiger partial charge in [-0.25, -0.2) is 18.3 Å². The molecule has 0 aliphatic carbocycles. The number of nitrogens with zero attached hydrogens (tertiary/aromatic N) is 4. The fraction of sp³-hybridized carbons (Fsp3) is 0.400. The van der Waals surface area contributed by atoms with Crippen molar-refractivity contribution in [3.63, 3.8) is 0 Å². The van der Waals surface area contributed by atoms with Crippen LogP contribution in [0.3, 0.4) is 0 Å². The average Bonchev–Trinajstić information content (AvgIpc) is 2.75. The SMILES string of the molecule is NCCN(CC(F)F)c1nccn2nccc12. The predicted molar refractivity (Wildman–Crippen MR) is 60.3 cm³/mol. The van der Waals surface area contributed by atoms with E-state index in [0.717, 1.165) is 0 Å². The van der Waals surface area contributed by atoms with Gasteiger partial charge in [0.15, 0.2) is 5.82 Å².